The Balaban J connectivity index is 1.74. The molecule has 2 amide bonds. The van der Waals surface area contributed by atoms with Gasteiger partial charge in [0.25, 0.3) is 11.8 Å². The summed E-state index contributed by atoms with van der Waals surface area (Å²) in [4.78, 5) is 29.1. The van der Waals surface area contributed by atoms with E-state index >= 15 is 0 Å². The first-order valence-electron chi connectivity index (χ1n) is 8.89. The second-order valence-electron chi connectivity index (χ2n) is 6.33. The SMILES string of the molecule is CCc1ccc(NC(=O)c2cncc(C(=O)Nc3cccc(Cl)c3C)c2)cc1. The topological polar surface area (TPSA) is 71.1 Å². The van der Waals surface area contributed by atoms with Crippen LogP contribution in [0.4, 0.5) is 11.4 Å². The minimum Gasteiger partial charge on any atom is -0.322 e. The van der Waals surface area contributed by atoms with Gasteiger partial charge in [-0.05, 0) is 54.8 Å². The molecule has 0 fully saturated rings. The molecule has 28 heavy (non-hydrogen) atoms. The molecule has 1 aromatic heterocycles. The zero-order valence-corrected chi connectivity index (χ0v) is 16.4. The zero-order chi connectivity index (χ0) is 20.1. The Morgan fingerprint density at radius 1 is 0.964 bits per heavy atom. The molecule has 0 saturated carbocycles. The van der Waals surface area contributed by atoms with Crippen LogP contribution in [-0.2, 0) is 6.42 Å². The monoisotopic (exact) mass is 393 g/mol. The van der Waals surface area contributed by atoms with Crippen LogP contribution in [-0.4, -0.2) is 16.8 Å². The number of rotatable bonds is 5. The van der Waals surface area contributed by atoms with Gasteiger partial charge >= 0.3 is 0 Å². The quantitative estimate of drug-likeness (QED) is 0.632. The summed E-state index contributed by atoms with van der Waals surface area (Å²) in [6.07, 6.45) is 3.78. The van der Waals surface area contributed by atoms with Gasteiger partial charge in [0.15, 0.2) is 0 Å². The molecule has 0 unspecified atom stereocenters. The van der Waals surface area contributed by atoms with E-state index in [1.807, 2.05) is 31.2 Å². The minimum atomic E-state index is -0.361. The van der Waals surface area contributed by atoms with Crippen LogP contribution in [0.15, 0.2) is 60.9 Å². The van der Waals surface area contributed by atoms with E-state index in [0.29, 0.717) is 22.0 Å². The minimum absolute atomic E-state index is 0.286. The van der Waals surface area contributed by atoms with Crippen LogP contribution >= 0.6 is 11.6 Å². The van der Waals surface area contributed by atoms with Crippen LogP contribution < -0.4 is 10.6 Å². The van der Waals surface area contributed by atoms with E-state index in [1.165, 1.54) is 24.0 Å². The molecule has 2 aromatic carbocycles. The lowest BCUT2D eigenvalue weighted by Gasteiger charge is -2.10. The summed E-state index contributed by atoms with van der Waals surface area (Å²) in [6.45, 7) is 3.89. The smallest absolute Gasteiger partial charge is 0.257 e. The molecule has 1 heterocycles. The number of nitrogens with zero attached hydrogens (tertiary/aromatic N) is 1. The highest BCUT2D eigenvalue weighted by atomic mass is 35.5. The molecule has 0 aliphatic carbocycles. The van der Waals surface area contributed by atoms with Crippen molar-refractivity contribution in [2.45, 2.75) is 20.3 Å². The fourth-order valence-electron chi connectivity index (χ4n) is 2.65. The number of hydrogen-bond acceptors (Lipinski definition) is 3. The van der Waals surface area contributed by atoms with E-state index in [0.717, 1.165) is 12.0 Å². The van der Waals surface area contributed by atoms with Gasteiger partial charge in [0.2, 0.25) is 0 Å². The highest BCUT2D eigenvalue weighted by molar-refractivity contribution is 6.31. The first-order valence-corrected chi connectivity index (χ1v) is 9.27. The predicted molar refractivity (Wildman–Crippen MR) is 112 cm³/mol. The third kappa shape index (κ3) is 4.56. The lowest BCUT2D eigenvalue weighted by atomic mass is 10.1. The number of amides is 2. The first kappa shape index (κ1) is 19.6. The summed E-state index contributed by atoms with van der Waals surface area (Å²) >= 11 is 6.09. The summed E-state index contributed by atoms with van der Waals surface area (Å²) in [5.74, 6) is -0.690. The number of carbonyl (C=O) groups is 2. The molecule has 142 valence electrons. The lowest BCUT2D eigenvalue weighted by molar-refractivity contribution is 0.102. The van der Waals surface area contributed by atoms with Gasteiger partial charge in [0.05, 0.1) is 11.1 Å². The molecule has 0 aliphatic heterocycles. The molecular weight excluding hydrogens is 374 g/mol. The summed E-state index contributed by atoms with van der Waals surface area (Å²) < 4.78 is 0. The maximum absolute atomic E-state index is 12.6. The van der Waals surface area contributed by atoms with Crippen LogP contribution in [0.25, 0.3) is 0 Å². The lowest BCUT2D eigenvalue weighted by Crippen LogP contribution is -2.16. The van der Waals surface area contributed by atoms with Crippen molar-refractivity contribution in [1.29, 1.82) is 0 Å². The highest BCUT2D eigenvalue weighted by Crippen LogP contribution is 2.23. The molecule has 6 heteroatoms. The zero-order valence-electron chi connectivity index (χ0n) is 15.6. The third-order valence-electron chi connectivity index (χ3n) is 4.40. The number of halogens is 1. The van der Waals surface area contributed by atoms with E-state index in [4.69, 9.17) is 11.6 Å². The van der Waals surface area contributed by atoms with E-state index in [1.54, 1.807) is 18.2 Å². The maximum atomic E-state index is 12.6. The molecule has 0 bridgehead atoms. The van der Waals surface area contributed by atoms with Crippen molar-refractivity contribution in [3.8, 4) is 0 Å². The fourth-order valence-corrected chi connectivity index (χ4v) is 2.83. The second-order valence-corrected chi connectivity index (χ2v) is 6.74. The van der Waals surface area contributed by atoms with Gasteiger partial charge in [-0.2, -0.15) is 0 Å². The molecule has 3 rings (SSSR count). The predicted octanol–water partition coefficient (Wildman–Crippen LogP) is 5.11. The van der Waals surface area contributed by atoms with Crippen molar-refractivity contribution in [2.75, 3.05) is 10.6 Å². The first-order chi connectivity index (χ1) is 13.5. The normalized spacial score (nSPS) is 10.4. The van der Waals surface area contributed by atoms with Crippen LogP contribution in [0, 0.1) is 6.92 Å². The molecular formula is C22H20ClN3O2. The van der Waals surface area contributed by atoms with Crippen molar-refractivity contribution >= 4 is 34.8 Å². The summed E-state index contributed by atoms with van der Waals surface area (Å²) in [5.41, 5.74) is 3.85. The van der Waals surface area contributed by atoms with Gasteiger partial charge in [-0.1, -0.05) is 36.7 Å². The summed E-state index contributed by atoms with van der Waals surface area (Å²) in [7, 11) is 0. The number of nitrogens with one attached hydrogen (secondary N) is 2. The van der Waals surface area contributed by atoms with Crippen LogP contribution in [0.3, 0.4) is 0 Å². The molecule has 0 spiro atoms. The average Bonchev–Trinajstić information content (AvgIpc) is 2.72. The Morgan fingerprint density at radius 2 is 1.61 bits per heavy atom. The number of carbonyl (C=O) groups excluding carboxylic acids is 2. The third-order valence-corrected chi connectivity index (χ3v) is 4.81. The highest BCUT2D eigenvalue weighted by Gasteiger charge is 2.13. The average molecular weight is 394 g/mol. The van der Waals surface area contributed by atoms with Gasteiger partial charge in [-0.15, -0.1) is 0 Å². The standard InChI is InChI=1S/C22H20ClN3O2/c1-3-15-7-9-18(10-8-15)25-21(27)16-11-17(13-24-12-16)22(28)26-20-6-4-5-19(23)14(20)2/h4-13H,3H2,1-2H3,(H,25,27)(H,26,28). The van der Waals surface area contributed by atoms with Crippen molar-refractivity contribution in [1.82, 2.24) is 4.98 Å². The molecule has 0 saturated heterocycles. The molecule has 5 nitrogen and oxygen atoms in total. The molecule has 3 aromatic rings. The molecule has 0 aliphatic rings. The Hall–Kier alpha value is -3.18. The van der Waals surface area contributed by atoms with E-state index in [2.05, 4.69) is 22.5 Å². The van der Waals surface area contributed by atoms with Crippen molar-refractivity contribution in [3.05, 3.63) is 88.2 Å². The maximum Gasteiger partial charge on any atom is 0.257 e. The number of pyridine rings is 1. The molecule has 0 atom stereocenters. The van der Waals surface area contributed by atoms with Gasteiger partial charge in [0, 0.05) is 28.8 Å². The van der Waals surface area contributed by atoms with E-state index < -0.39 is 0 Å². The van der Waals surface area contributed by atoms with Crippen LogP contribution in [0.5, 0.6) is 0 Å². The summed E-state index contributed by atoms with van der Waals surface area (Å²) in [5, 5.41) is 6.18. The fraction of sp³-hybridized carbons (Fsp3) is 0.136. The van der Waals surface area contributed by atoms with Crippen molar-refractivity contribution in [3.63, 3.8) is 0 Å². The molecule has 0 radical (unpaired) electrons. The summed E-state index contributed by atoms with van der Waals surface area (Å²) in [6, 6.07) is 14.4. The van der Waals surface area contributed by atoms with Crippen LogP contribution in [0.2, 0.25) is 5.02 Å². The van der Waals surface area contributed by atoms with Gasteiger partial charge in [-0.25, -0.2) is 0 Å². The number of hydrogen-bond donors (Lipinski definition) is 2. The molecule has 2 N–H and O–H groups in total. The second kappa shape index (κ2) is 8.67. The van der Waals surface area contributed by atoms with Gasteiger partial charge in [-0.3, -0.25) is 14.6 Å². The van der Waals surface area contributed by atoms with Crippen molar-refractivity contribution in [2.24, 2.45) is 0 Å². The van der Waals surface area contributed by atoms with E-state index in [-0.39, 0.29) is 17.4 Å². The van der Waals surface area contributed by atoms with Gasteiger partial charge < -0.3 is 10.6 Å². The van der Waals surface area contributed by atoms with Crippen LogP contribution in [0.1, 0.15) is 38.8 Å². The number of aromatic nitrogens is 1. The number of benzene rings is 2. The van der Waals surface area contributed by atoms with E-state index in [9.17, 15) is 9.59 Å². The number of anilines is 2. The largest absolute Gasteiger partial charge is 0.322 e. The van der Waals surface area contributed by atoms with Gasteiger partial charge in [0.1, 0.15) is 0 Å². The Morgan fingerprint density at radius 3 is 2.25 bits per heavy atom. The number of aryl methyl sites for hydroxylation is 1. The Kier molecular flexibility index (Phi) is 6.06. The van der Waals surface area contributed by atoms with Crippen molar-refractivity contribution < 1.29 is 9.59 Å². The Labute approximate surface area is 168 Å². The Bertz CT molecular complexity index is 1020.